The van der Waals surface area contributed by atoms with Gasteiger partial charge in [0.15, 0.2) is 5.69 Å². The number of rotatable bonds is 5. The first-order valence-electron chi connectivity index (χ1n) is 8.43. The number of aromatic nitrogens is 3. The van der Waals surface area contributed by atoms with Gasteiger partial charge in [-0.05, 0) is 31.9 Å². The van der Waals surface area contributed by atoms with E-state index in [1.807, 2.05) is 4.90 Å². The van der Waals surface area contributed by atoms with Gasteiger partial charge in [0.1, 0.15) is 11.6 Å². The molecule has 0 bridgehead atoms. The van der Waals surface area contributed by atoms with E-state index in [1.165, 1.54) is 18.2 Å². The molecular weight excluding hydrogens is 328 g/mol. The lowest BCUT2D eigenvalue weighted by Crippen LogP contribution is -2.59. The van der Waals surface area contributed by atoms with Crippen molar-refractivity contribution in [2.75, 3.05) is 13.1 Å². The van der Waals surface area contributed by atoms with Crippen molar-refractivity contribution in [3.05, 3.63) is 47.3 Å². The van der Waals surface area contributed by atoms with Gasteiger partial charge in [-0.25, -0.2) is 13.5 Å². The largest absolute Gasteiger partial charge is 0.345 e. The van der Waals surface area contributed by atoms with Crippen LogP contribution in [0.4, 0.5) is 8.78 Å². The molecule has 1 aromatic carbocycles. The fourth-order valence-corrected chi connectivity index (χ4v) is 3.17. The average Bonchev–Trinajstić information content (AvgIpc) is 3.27. The first-order chi connectivity index (χ1) is 12.0. The molecule has 2 fully saturated rings. The van der Waals surface area contributed by atoms with Crippen LogP contribution in [0.5, 0.6) is 0 Å². The molecule has 1 aromatic heterocycles. The third-order valence-corrected chi connectivity index (χ3v) is 4.87. The lowest BCUT2D eigenvalue weighted by molar-refractivity contribution is 0.0654. The van der Waals surface area contributed by atoms with E-state index in [9.17, 15) is 13.6 Å². The zero-order valence-corrected chi connectivity index (χ0v) is 13.8. The number of hydrogen-bond acceptors (Lipinski definition) is 4. The highest BCUT2D eigenvalue weighted by atomic mass is 19.1. The van der Waals surface area contributed by atoms with Crippen LogP contribution >= 0.6 is 0 Å². The number of hydrogen-bond donors (Lipinski definition) is 1. The Morgan fingerprint density at radius 2 is 1.96 bits per heavy atom. The number of nitrogens with zero attached hydrogens (tertiary/aromatic N) is 4. The highest BCUT2D eigenvalue weighted by molar-refractivity contribution is 5.92. The molecule has 6 nitrogen and oxygen atoms in total. The maximum absolute atomic E-state index is 13.9. The van der Waals surface area contributed by atoms with Crippen LogP contribution in [0, 0.1) is 11.6 Å². The van der Waals surface area contributed by atoms with Crippen LogP contribution in [0.3, 0.4) is 0 Å². The molecule has 4 rings (SSSR count). The third-order valence-electron chi connectivity index (χ3n) is 4.87. The van der Waals surface area contributed by atoms with Crippen LogP contribution < -0.4 is 5.32 Å². The van der Waals surface area contributed by atoms with E-state index in [1.54, 1.807) is 17.8 Å². The van der Waals surface area contributed by atoms with Gasteiger partial charge in [-0.1, -0.05) is 11.3 Å². The Kier molecular flexibility index (Phi) is 3.99. The highest BCUT2D eigenvalue weighted by Crippen LogP contribution is 2.33. The Bertz CT molecular complexity index is 778. The minimum Gasteiger partial charge on any atom is -0.345 e. The molecule has 1 amide bonds. The number of nitrogens with one attached hydrogen (secondary N) is 1. The van der Waals surface area contributed by atoms with Crippen LogP contribution in [0.15, 0.2) is 24.4 Å². The molecule has 2 aliphatic rings. The van der Waals surface area contributed by atoms with Crippen LogP contribution in [0.2, 0.25) is 0 Å². The monoisotopic (exact) mass is 347 g/mol. The van der Waals surface area contributed by atoms with Crippen molar-refractivity contribution < 1.29 is 13.6 Å². The van der Waals surface area contributed by atoms with Crippen molar-refractivity contribution in [2.45, 2.75) is 37.9 Å². The Hall–Kier alpha value is -2.35. The van der Waals surface area contributed by atoms with Crippen molar-refractivity contribution in [2.24, 2.45) is 0 Å². The smallest absolute Gasteiger partial charge is 0.273 e. The van der Waals surface area contributed by atoms with Gasteiger partial charge in [0, 0.05) is 24.7 Å². The number of carbonyl (C=O) groups is 1. The molecule has 1 atom stereocenters. The van der Waals surface area contributed by atoms with Crippen LogP contribution in [0.25, 0.3) is 0 Å². The van der Waals surface area contributed by atoms with Crippen LogP contribution in [-0.4, -0.2) is 44.9 Å². The molecule has 1 aliphatic carbocycles. The SMILES string of the molecule is CC(c1c(F)cccc1F)N1CC(NC(=O)c2cn(C3CC3)nn2)C1. The van der Waals surface area contributed by atoms with Crippen LogP contribution in [0.1, 0.15) is 47.9 Å². The summed E-state index contributed by atoms with van der Waals surface area (Å²) in [5, 5.41) is 10.8. The Morgan fingerprint density at radius 3 is 2.60 bits per heavy atom. The minimum atomic E-state index is -0.545. The molecule has 8 heteroatoms. The summed E-state index contributed by atoms with van der Waals surface area (Å²) >= 11 is 0. The van der Waals surface area contributed by atoms with Gasteiger partial charge in [-0.15, -0.1) is 5.10 Å². The number of carbonyl (C=O) groups excluding carboxylic acids is 1. The first kappa shape index (κ1) is 16.1. The van der Waals surface area contributed by atoms with E-state index in [4.69, 9.17) is 0 Å². The maximum Gasteiger partial charge on any atom is 0.273 e. The molecule has 0 spiro atoms. The lowest BCUT2D eigenvalue weighted by Gasteiger charge is -2.43. The van der Waals surface area contributed by atoms with Crippen molar-refractivity contribution in [3.63, 3.8) is 0 Å². The van der Waals surface area contributed by atoms with Crippen LogP contribution in [-0.2, 0) is 0 Å². The molecule has 1 N–H and O–H groups in total. The second kappa shape index (κ2) is 6.18. The van der Waals surface area contributed by atoms with Crippen molar-refractivity contribution in [1.82, 2.24) is 25.2 Å². The van der Waals surface area contributed by atoms with Crippen molar-refractivity contribution in [1.29, 1.82) is 0 Å². The molecular formula is C17H19F2N5O. The topological polar surface area (TPSA) is 63.1 Å². The summed E-state index contributed by atoms with van der Waals surface area (Å²) in [6.07, 6.45) is 3.82. The predicted molar refractivity (Wildman–Crippen MR) is 85.9 cm³/mol. The Morgan fingerprint density at radius 1 is 1.28 bits per heavy atom. The van der Waals surface area contributed by atoms with Crippen molar-refractivity contribution >= 4 is 5.91 Å². The quantitative estimate of drug-likeness (QED) is 0.899. The first-order valence-corrected chi connectivity index (χ1v) is 8.43. The van der Waals surface area contributed by atoms with Gasteiger partial charge in [-0.3, -0.25) is 9.69 Å². The summed E-state index contributed by atoms with van der Waals surface area (Å²) in [6.45, 7) is 2.84. The molecule has 0 radical (unpaired) electrons. The Labute approximate surface area is 143 Å². The second-order valence-corrected chi connectivity index (χ2v) is 6.75. The fraction of sp³-hybridized carbons (Fsp3) is 0.471. The molecule has 1 aliphatic heterocycles. The minimum absolute atomic E-state index is 0.0594. The van der Waals surface area contributed by atoms with Gasteiger partial charge in [0.25, 0.3) is 5.91 Å². The molecule has 132 valence electrons. The number of amides is 1. The third kappa shape index (κ3) is 3.13. The second-order valence-electron chi connectivity index (χ2n) is 6.75. The zero-order chi connectivity index (χ0) is 17.6. The van der Waals surface area contributed by atoms with E-state index >= 15 is 0 Å². The zero-order valence-electron chi connectivity index (χ0n) is 13.8. The van der Waals surface area contributed by atoms with Crippen molar-refractivity contribution in [3.8, 4) is 0 Å². The van der Waals surface area contributed by atoms with Gasteiger partial charge in [-0.2, -0.15) is 0 Å². The summed E-state index contributed by atoms with van der Waals surface area (Å²) in [5.74, 6) is -1.35. The molecule has 25 heavy (non-hydrogen) atoms. The van der Waals surface area contributed by atoms with Gasteiger partial charge in [0.05, 0.1) is 18.3 Å². The van der Waals surface area contributed by atoms with Gasteiger partial charge in [0.2, 0.25) is 0 Å². The van der Waals surface area contributed by atoms with E-state index < -0.39 is 11.6 Å². The lowest BCUT2D eigenvalue weighted by atomic mass is 9.99. The maximum atomic E-state index is 13.9. The van der Waals surface area contributed by atoms with E-state index in [2.05, 4.69) is 15.6 Å². The number of halogens is 2. The fourth-order valence-electron chi connectivity index (χ4n) is 3.17. The average molecular weight is 347 g/mol. The van der Waals surface area contributed by atoms with E-state index in [0.717, 1.165) is 12.8 Å². The standard InChI is InChI=1S/C17H19F2N5O/c1-10(16-13(18)3-2-4-14(16)19)23-7-11(8-23)20-17(25)15-9-24(22-21-15)12-5-6-12/h2-4,9-12H,5-8H2,1H3,(H,20,25). The summed E-state index contributed by atoms with van der Waals surface area (Å²) in [7, 11) is 0. The normalized spacial score (nSPS) is 19.5. The molecule has 2 aromatic rings. The van der Waals surface area contributed by atoms with Gasteiger partial charge >= 0.3 is 0 Å². The highest BCUT2D eigenvalue weighted by Gasteiger charge is 2.34. The molecule has 1 unspecified atom stereocenters. The van der Waals surface area contributed by atoms with Gasteiger partial charge < -0.3 is 5.32 Å². The molecule has 1 saturated carbocycles. The van der Waals surface area contributed by atoms with E-state index in [-0.39, 0.29) is 23.6 Å². The predicted octanol–water partition coefficient (Wildman–Crippen LogP) is 2.07. The summed E-state index contributed by atoms with van der Waals surface area (Å²) in [4.78, 5) is 14.1. The Balaban J connectivity index is 1.33. The summed E-state index contributed by atoms with van der Waals surface area (Å²) < 4.78 is 29.5. The number of benzene rings is 1. The molecule has 1 saturated heterocycles. The summed E-state index contributed by atoms with van der Waals surface area (Å²) in [5.41, 5.74) is 0.373. The summed E-state index contributed by atoms with van der Waals surface area (Å²) in [6, 6.07) is 3.81. The number of likely N-dealkylation sites (tertiary alicyclic amines) is 1. The molecule has 2 heterocycles. The van der Waals surface area contributed by atoms with E-state index in [0.29, 0.717) is 24.8 Å².